The van der Waals surface area contributed by atoms with Crippen molar-refractivity contribution in [1.29, 1.82) is 0 Å². The summed E-state index contributed by atoms with van der Waals surface area (Å²) in [6, 6.07) is 10.7. The van der Waals surface area contributed by atoms with Crippen LogP contribution in [0.5, 0.6) is 0 Å². The molecule has 324 valence electrons. The van der Waals surface area contributed by atoms with Crippen LogP contribution in [0.15, 0.2) is 67.3 Å². The highest BCUT2D eigenvalue weighted by atomic mass is 16.6. The number of H-pyrrole nitrogens is 1. The largest absolute Gasteiger partial charge is 0.444 e. The van der Waals surface area contributed by atoms with Gasteiger partial charge < -0.3 is 41.4 Å². The number of rotatable bonds is 22. The molecule has 0 fully saturated rings. The van der Waals surface area contributed by atoms with Crippen molar-refractivity contribution in [2.45, 2.75) is 137 Å². The normalized spacial score (nSPS) is 15.2. The molecule has 0 aliphatic heterocycles. The SMILES string of the molecule is CC[C@H](C)[C@H](NC(=O)[C@@H](C[C@H](O)[C@H](CC(C)C)NC(=O)[C@H](Cc1cnc[nH]1)NC(=O)[C@H](Cc1ccccc1)NC(=O)OC(C)(C)C)C(C)C)C(=O)NCc1ccccn1. The number of aromatic amines is 1. The predicted octanol–water partition coefficient (Wildman–Crippen LogP) is 4.37. The van der Waals surface area contributed by atoms with E-state index in [9.17, 15) is 29.1 Å². The number of carbonyl (C=O) groups excluding carboxylic acids is 5. The predicted molar refractivity (Wildman–Crippen MR) is 225 cm³/mol. The number of amides is 5. The second kappa shape index (κ2) is 23.3. The van der Waals surface area contributed by atoms with E-state index in [0.29, 0.717) is 24.2 Å². The van der Waals surface area contributed by atoms with Crippen LogP contribution in [0.4, 0.5) is 4.79 Å². The lowest BCUT2D eigenvalue weighted by molar-refractivity contribution is -0.134. The van der Waals surface area contributed by atoms with Gasteiger partial charge in [-0.3, -0.25) is 24.2 Å². The first-order chi connectivity index (χ1) is 27.9. The molecule has 2 heterocycles. The fraction of sp³-hybridized carbons (Fsp3) is 0.568. The van der Waals surface area contributed by atoms with Crippen molar-refractivity contribution in [2.24, 2.45) is 23.7 Å². The van der Waals surface area contributed by atoms with E-state index in [2.05, 4.69) is 41.5 Å². The molecule has 15 nitrogen and oxygen atoms in total. The third-order valence-corrected chi connectivity index (χ3v) is 10.0. The van der Waals surface area contributed by atoms with Gasteiger partial charge in [-0.1, -0.05) is 84.4 Å². The summed E-state index contributed by atoms with van der Waals surface area (Å²) in [5.74, 6) is -2.96. The topological polar surface area (TPSA) is 217 Å². The zero-order valence-corrected chi connectivity index (χ0v) is 36.1. The van der Waals surface area contributed by atoms with Crippen LogP contribution in [0.25, 0.3) is 0 Å². The van der Waals surface area contributed by atoms with Gasteiger partial charge in [0.25, 0.3) is 0 Å². The van der Waals surface area contributed by atoms with Crippen LogP contribution < -0.4 is 26.6 Å². The number of aromatic nitrogens is 3. The summed E-state index contributed by atoms with van der Waals surface area (Å²) in [5.41, 5.74) is 1.23. The number of pyridine rings is 1. The Bertz CT molecular complexity index is 1750. The standard InChI is InChI=1S/C44H66N8O7/c1-10-29(6)38(42(57)47-25-31-18-14-15-19-46-31)52-39(54)33(28(4)5)23-37(53)34(20-27(2)3)49-41(56)36(22-32-24-45-26-48-32)50-40(55)35(21-30-16-12-11-13-17-30)51-43(58)59-44(7,8)9/h11-19,24,26-29,33-38,53H,10,20-23,25H2,1-9H3,(H,45,48)(H,47,57)(H,49,56)(H,50,55)(H,51,58)(H,52,54)/t29-,33-,34-,35-,36-,37-,38-/m0/s1. The zero-order valence-electron chi connectivity index (χ0n) is 36.1. The number of imidazole rings is 1. The Labute approximate surface area is 349 Å². The summed E-state index contributed by atoms with van der Waals surface area (Å²) in [6.45, 7) is 16.9. The molecule has 0 unspecified atom stereocenters. The number of ether oxygens (including phenoxy) is 1. The van der Waals surface area contributed by atoms with E-state index in [0.717, 1.165) is 5.56 Å². The van der Waals surface area contributed by atoms with E-state index in [4.69, 9.17) is 4.74 Å². The van der Waals surface area contributed by atoms with E-state index < -0.39 is 59.7 Å². The zero-order chi connectivity index (χ0) is 43.7. The molecule has 0 spiro atoms. The molecular weight excluding hydrogens is 753 g/mol. The van der Waals surface area contributed by atoms with Crippen LogP contribution >= 0.6 is 0 Å². The van der Waals surface area contributed by atoms with Crippen molar-refractivity contribution in [3.63, 3.8) is 0 Å². The fourth-order valence-electron chi connectivity index (χ4n) is 6.57. The van der Waals surface area contributed by atoms with E-state index in [1.54, 1.807) is 45.3 Å². The van der Waals surface area contributed by atoms with E-state index in [1.807, 2.05) is 77.9 Å². The van der Waals surface area contributed by atoms with Gasteiger partial charge in [-0.05, 0) is 69.1 Å². The third-order valence-electron chi connectivity index (χ3n) is 10.0. The molecule has 3 aromatic rings. The lowest BCUT2D eigenvalue weighted by atomic mass is 9.85. The van der Waals surface area contributed by atoms with Crippen LogP contribution in [-0.4, -0.2) is 85.7 Å². The minimum atomic E-state index is -1.16. The van der Waals surface area contributed by atoms with Crippen LogP contribution in [-0.2, 0) is 43.3 Å². The van der Waals surface area contributed by atoms with Gasteiger partial charge in [0.15, 0.2) is 0 Å². The maximum atomic E-state index is 14.2. The Morgan fingerprint density at radius 3 is 2.03 bits per heavy atom. The molecule has 59 heavy (non-hydrogen) atoms. The van der Waals surface area contributed by atoms with E-state index in [-0.39, 0.29) is 55.4 Å². The smallest absolute Gasteiger partial charge is 0.408 e. The van der Waals surface area contributed by atoms with Crippen molar-refractivity contribution in [2.75, 3.05) is 0 Å². The number of aliphatic hydroxyl groups is 1. The third kappa shape index (κ3) is 16.8. The molecule has 0 radical (unpaired) electrons. The Morgan fingerprint density at radius 2 is 1.46 bits per heavy atom. The molecule has 0 saturated heterocycles. The van der Waals surface area contributed by atoms with Crippen molar-refractivity contribution in [3.8, 4) is 0 Å². The molecule has 15 heteroatoms. The number of nitrogens with zero attached hydrogens (tertiary/aromatic N) is 2. The quantitative estimate of drug-likeness (QED) is 0.0765. The highest BCUT2D eigenvalue weighted by molar-refractivity contribution is 5.92. The summed E-state index contributed by atoms with van der Waals surface area (Å²) in [4.78, 5) is 79.8. The molecule has 2 aromatic heterocycles. The minimum absolute atomic E-state index is 0.000475. The van der Waals surface area contributed by atoms with Crippen LogP contribution in [0.1, 0.15) is 98.5 Å². The first kappa shape index (κ1) is 48.1. The molecule has 7 atom stereocenters. The van der Waals surface area contributed by atoms with E-state index >= 15 is 0 Å². The molecule has 0 saturated carbocycles. The highest BCUT2D eigenvalue weighted by Crippen LogP contribution is 2.23. The van der Waals surface area contributed by atoms with Crippen LogP contribution in [0, 0.1) is 23.7 Å². The summed E-state index contributed by atoms with van der Waals surface area (Å²) in [6.07, 6.45) is 3.87. The molecule has 5 amide bonds. The van der Waals surface area contributed by atoms with Gasteiger partial charge in [-0.25, -0.2) is 9.78 Å². The Morgan fingerprint density at radius 1 is 0.797 bits per heavy atom. The lowest BCUT2D eigenvalue weighted by Crippen LogP contribution is -2.58. The van der Waals surface area contributed by atoms with Crippen molar-refractivity contribution < 1.29 is 33.8 Å². The van der Waals surface area contributed by atoms with Crippen molar-refractivity contribution in [1.82, 2.24) is 41.5 Å². The average molecular weight is 819 g/mol. The van der Waals surface area contributed by atoms with Gasteiger partial charge in [0.1, 0.15) is 23.7 Å². The fourth-order valence-corrected chi connectivity index (χ4v) is 6.57. The molecule has 1 aromatic carbocycles. The number of carbonyl (C=O) groups is 5. The molecule has 0 bridgehead atoms. The monoisotopic (exact) mass is 819 g/mol. The molecule has 3 rings (SSSR count). The molecule has 7 N–H and O–H groups in total. The van der Waals surface area contributed by atoms with Gasteiger partial charge in [0.05, 0.1) is 30.7 Å². The highest BCUT2D eigenvalue weighted by Gasteiger charge is 2.36. The summed E-state index contributed by atoms with van der Waals surface area (Å²) < 4.78 is 5.45. The minimum Gasteiger partial charge on any atom is -0.444 e. The van der Waals surface area contributed by atoms with Gasteiger partial charge in [0, 0.05) is 36.8 Å². The number of hydrogen-bond donors (Lipinski definition) is 7. The lowest BCUT2D eigenvalue weighted by Gasteiger charge is -2.32. The van der Waals surface area contributed by atoms with Gasteiger partial charge >= 0.3 is 6.09 Å². The summed E-state index contributed by atoms with van der Waals surface area (Å²) in [7, 11) is 0. The summed E-state index contributed by atoms with van der Waals surface area (Å²) in [5, 5.41) is 26.1. The number of nitrogens with one attached hydrogen (secondary N) is 6. The summed E-state index contributed by atoms with van der Waals surface area (Å²) >= 11 is 0. The second-order valence-electron chi connectivity index (χ2n) is 17.0. The van der Waals surface area contributed by atoms with Gasteiger partial charge in [-0.2, -0.15) is 0 Å². The van der Waals surface area contributed by atoms with Crippen LogP contribution in [0.2, 0.25) is 0 Å². The van der Waals surface area contributed by atoms with E-state index in [1.165, 1.54) is 6.33 Å². The first-order valence-electron chi connectivity index (χ1n) is 20.6. The number of benzene rings is 1. The van der Waals surface area contributed by atoms with Crippen molar-refractivity contribution >= 4 is 29.7 Å². The Kier molecular flexibility index (Phi) is 19.0. The average Bonchev–Trinajstić information content (AvgIpc) is 3.69. The maximum absolute atomic E-state index is 14.2. The molecular formula is C44H66N8O7. The van der Waals surface area contributed by atoms with Gasteiger partial charge in [-0.15, -0.1) is 0 Å². The first-order valence-corrected chi connectivity index (χ1v) is 20.6. The Hall–Kier alpha value is -5.31. The maximum Gasteiger partial charge on any atom is 0.408 e. The van der Waals surface area contributed by atoms with Gasteiger partial charge in [0.2, 0.25) is 23.6 Å². The Balaban J connectivity index is 1.82. The number of hydrogen-bond acceptors (Lipinski definition) is 9. The molecule has 0 aliphatic rings. The van der Waals surface area contributed by atoms with Crippen LogP contribution in [0.3, 0.4) is 0 Å². The van der Waals surface area contributed by atoms with Crippen molar-refractivity contribution in [3.05, 3.63) is 84.2 Å². The second-order valence-corrected chi connectivity index (χ2v) is 17.0. The number of aliphatic hydroxyl groups excluding tert-OH is 1. The number of alkyl carbamates (subject to hydrolysis) is 1. The molecule has 0 aliphatic carbocycles.